The lowest BCUT2D eigenvalue weighted by Crippen LogP contribution is -2.34. The van der Waals surface area contributed by atoms with Crippen molar-refractivity contribution < 1.29 is 32.5 Å². The van der Waals surface area contributed by atoms with Crippen molar-refractivity contribution >= 4 is 7.82 Å². The predicted molar refractivity (Wildman–Crippen MR) is 136 cm³/mol. The van der Waals surface area contributed by atoms with E-state index in [1.54, 1.807) is 0 Å². The van der Waals surface area contributed by atoms with Crippen LogP contribution in [0.3, 0.4) is 0 Å². The van der Waals surface area contributed by atoms with Gasteiger partial charge in [0.15, 0.2) is 18.9 Å². The molecule has 7 nitrogen and oxygen atoms in total. The van der Waals surface area contributed by atoms with Crippen LogP contribution in [0.2, 0.25) is 0 Å². The zero-order chi connectivity index (χ0) is 24.6. The van der Waals surface area contributed by atoms with Crippen LogP contribution in [0.5, 0.6) is 0 Å². The number of hydrogen-bond acceptors (Lipinski definition) is 5. The molecule has 0 radical (unpaired) electrons. The van der Waals surface area contributed by atoms with Crippen molar-refractivity contribution in [3.63, 3.8) is 0 Å². The van der Waals surface area contributed by atoms with E-state index in [9.17, 15) is 9.46 Å². The van der Waals surface area contributed by atoms with Crippen LogP contribution < -0.4 is 4.57 Å². The first-order chi connectivity index (χ1) is 16.6. The quantitative estimate of drug-likeness (QED) is 0.0970. The highest BCUT2D eigenvalue weighted by Crippen LogP contribution is 2.42. The third-order valence-electron chi connectivity index (χ3n) is 5.63. The highest BCUT2D eigenvalue weighted by atomic mass is 31.2. The van der Waals surface area contributed by atoms with Crippen LogP contribution >= 0.6 is 7.82 Å². The van der Waals surface area contributed by atoms with Crippen LogP contribution in [-0.4, -0.2) is 44.5 Å². The summed E-state index contributed by atoms with van der Waals surface area (Å²) in [6.07, 6.45) is 21.2. The van der Waals surface area contributed by atoms with Gasteiger partial charge in [-0.2, -0.15) is 0 Å². The van der Waals surface area contributed by atoms with Gasteiger partial charge in [-0.05, 0) is 6.42 Å². The molecule has 1 aromatic rings. The van der Waals surface area contributed by atoms with E-state index in [0.29, 0.717) is 19.8 Å². The van der Waals surface area contributed by atoms with Crippen molar-refractivity contribution in [3.8, 4) is 0 Å². The second kappa shape index (κ2) is 22.6. The molecule has 1 heterocycles. The lowest BCUT2D eigenvalue weighted by Gasteiger charge is -2.11. The summed E-state index contributed by atoms with van der Waals surface area (Å²) in [6.45, 7) is 4.80. The SMILES string of the molecule is CCCCCCCCCCCCCCCOCCOCCOP(=O)(O)OCC[n+]1ccccc1. The molecule has 0 aromatic carbocycles. The van der Waals surface area contributed by atoms with E-state index in [4.69, 9.17) is 18.5 Å². The molecule has 0 aliphatic heterocycles. The van der Waals surface area contributed by atoms with E-state index < -0.39 is 7.82 Å². The summed E-state index contributed by atoms with van der Waals surface area (Å²) < 4.78 is 34.5. The van der Waals surface area contributed by atoms with Gasteiger partial charge in [0.25, 0.3) is 0 Å². The average molecular weight is 503 g/mol. The summed E-state index contributed by atoms with van der Waals surface area (Å²) in [5, 5.41) is 0. The summed E-state index contributed by atoms with van der Waals surface area (Å²) >= 11 is 0. The van der Waals surface area contributed by atoms with Gasteiger partial charge in [0.05, 0.1) is 26.4 Å². The molecule has 1 aromatic heterocycles. The largest absolute Gasteiger partial charge is 0.472 e. The fourth-order valence-electron chi connectivity index (χ4n) is 3.64. The Kier molecular flexibility index (Phi) is 20.8. The van der Waals surface area contributed by atoms with E-state index in [0.717, 1.165) is 13.0 Å². The molecule has 0 saturated heterocycles. The summed E-state index contributed by atoms with van der Waals surface area (Å²) in [7, 11) is -4.05. The number of unbranched alkanes of at least 4 members (excludes halogenated alkanes) is 12. The molecule has 1 atom stereocenters. The van der Waals surface area contributed by atoms with Gasteiger partial charge in [0, 0.05) is 18.7 Å². The van der Waals surface area contributed by atoms with Crippen LogP contribution in [0, 0.1) is 0 Å². The van der Waals surface area contributed by atoms with Crippen molar-refractivity contribution in [2.75, 3.05) is 39.6 Å². The first-order valence-electron chi connectivity index (χ1n) is 13.4. The smallest absolute Gasteiger partial charge is 0.379 e. The molecule has 1 unspecified atom stereocenters. The lowest BCUT2D eigenvalue weighted by molar-refractivity contribution is -0.697. The number of phosphoric ester groups is 1. The molecule has 198 valence electrons. The van der Waals surface area contributed by atoms with Crippen molar-refractivity contribution in [1.29, 1.82) is 0 Å². The van der Waals surface area contributed by atoms with Crippen LogP contribution in [-0.2, 0) is 29.6 Å². The molecule has 1 N–H and O–H groups in total. The van der Waals surface area contributed by atoms with Gasteiger partial charge in [-0.1, -0.05) is 90.0 Å². The van der Waals surface area contributed by atoms with E-state index >= 15 is 0 Å². The van der Waals surface area contributed by atoms with Gasteiger partial charge < -0.3 is 14.4 Å². The predicted octanol–water partition coefficient (Wildman–Crippen LogP) is 6.23. The van der Waals surface area contributed by atoms with E-state index in [-0.39, 0.29) is 19.8 Å². The molecule has 0 spiro atoms. The summed E-state index contributed by atoms with van der Waals surface area (Å²) in [4.78, 5) is 9.67. The second-order valence-electron chi connectivity index (χ2n) is 8.72. The zero-order valence-corrected chi connectivity index (χ0v) is 22.3. The number of ether oxygens (including phenoxy) is 2. The third-order valence-corrected chi connectivity index (χ3v) is 6.65. The Morgan fingerprint density at radius 2 is 1.09 bits per heavy atom. The molecule has 0 saturated carbocycles. The fraction of sp³-hybridized carbons (Fsp3) is 0.808. The molecule has 0 amide bonds. The fourth-order valence-corrected chi connectivity index (χ4v) is 4.33. The maximum absolute atomic E-state index is 11.8. The van der Waals surface area contributed by atoms with Gasteiger partial charge in [-0.25, -0.2) is 9.13 Å². The molecule has 0 bridgehead atoms. The number of hydrogen-bond donors (Lipinski definition) is 1. The molecule has 8 heteroatoms. The van der Waals surface area contributed by atoms with Crippen LogP contribution in [0.4, 0.5) is 0 Å². The molecule has 0 fully saturated rings. The normalized spacial score (nSPS) is 13.2. The molecule has 1 rings (SSSR count). The Morgan fingerprint density at radius 1 is 0.618 bits per heavy atom. The van der Waals surface area contributed by atoms with E-state index in [1.165, 1.54) is 77.0 Å². The van der Waals surface area contributed by atoms with Crippen LogP contribution in [0.15, 0.2) is 30.6 Å². The van der Waals surface area contributed by atoms with Crippen LogP contribution in [0.25, 0.3) is 0 Å². The Bertz CT molecular complexity index is 604. The van der Waals surface area contributed by atoms with Crippen molar-refractivity contribution in [2.45, 2.75) is 96.9 Å². The molecule has 34 heavy (non-hydrogen) atoms. The monoisotopic (exact) mass is 502 g/mol. The maximum Gasteiger partial charge on any atom is 0.472 e. The summed E-state index contributed by atoms with van der Waals surface area (Å²) in [5.41, 5.74) is 0. The van der Waals surface area contributed by atoms with Crippen molar-refractivity contribution in [2.24, 2.45) is 0 Å². The first kappa shape index (κ1) is 31.2. The number of nitrogens with zero attached hydrogens (tertiary/aromatic N) is 1. The molecular formula is C26H49NO6P+. The number of pyridine rings is 1. The van der Waals surface area contributed by atoms with Crippen molar-refractivity contribution in [1.82, 2.24) is 0 Å². The minimum absolute atomic E-state index is 0.00507. The first-order valence-corrected chi connectivity index (χ1v) is 14.8. The standard InChI is InChI=1S/C26H48NO6P/c1-2-3-4-5-6-7-8-9-10-11-12-13-17-21-30-23-24-31-25-26-33-34(28,29)32-22-20-27-18-15-14-16-19-27/h14-16,18-19H,2-13,17,20-26H2,1H3/p+1. The second-order valence-corrected chi connectivity index (χ2v) is 10.2. The maximum atomic E-state index is 11.8. The number of rotatable bonds is 25. The van der Waals surface area contributed by atoms with Gasteiger partial charge in [0.2, 0.25) is 0 Å². The van der Waals surface area contributed by atoms with Crippen molar-refractivity contribution in [3.05, 3.63) is 30.6 Å². The Morgan fingerprint density at radius 3 is 1.68 bits per heavy atom. The Balaban J connectivity index is 1.77. The highest BCUT2D eigenvalue weighted by molar-refractivity contribution is 7.47. The summed E-state index contributed by atoms with van der Waals surface area (Å²) in [6, 6.07) is 5.67. The molecule has 0 aliphatic carbocycles. The number of aromatic nitrogens is 1. The van der Waals surface area contributed by atoms with E-state index in [1.807, 2.05) is 35.2 Å². The Labute approximate surface area is 207 Å². The summed E-state index contributed by atoms with van der Waals surface area (Å²) in [5.74, 6) is 0. The average Bonchev–Trinajstić information content (AvgIpc) is 2.83. The van der Waals surface area contributed by atoms with Gasteiger partial charge in [-0.15, -0.1) is 0 Å². The minimum Gasteiger partial charge on any atom is -0.379 e. The van der Waals surface area contributed by atoms with E-state index in [2.05, 4.69) is 6.92 Å². The van der Waals surface area contributed by atoms with Gasteiger partial charge >= 0.3 is 7.82 Å². The lowest BCUT2D eigenvalue weighted by atomic mass is 10.0. The molecular weight excluding hydrogens is 453 g/mol. The van der Waals surface area contributed by atoms with Gasteiger partial charge in [0.1, 0.15) is 6.61 Å². The highest BCUT2D eigenvalue weighted by Gasteiger charge is 2.21. The third kappa shape index (κ3) is 20.5. The van der Waals surface area contributed by atoms with Crippen LogP contribution in [0.1, 0.15) is 90.4 Å². The molecule has 0 aliphatic rings. The van der Waals surface area contributed by atoms with Gasteiger partial charge in [-0.3, -0.25) is 9.05 Å². The topological polar surface area (TPSA) is 78.1 Å². The minimum atomic E-state index is -4.05. The zero-order valence-electron chi connectivity index (χ0n) is 21.4. The number of phosphoric acid groups is 1. The Hall–Kier alpha value is -0.820.